The van der Waals surface area contributed by atoms with Gasteiger partial charge in [0.25, 0.3) is 0 Å². The number of carboxylic acids is 1. The normalized spacial score (nSPS) is 16.1. The third kappa shape index (κ3) is 18.5. The molecule has 2 aliphatic rings. The van der Waals surface area contributed by atoms with E-state index in [1.807, 2.05) is 87.7 Å². The van der Waals surface area contributed by atoms with Gasteiger partial charge in [0.15, 0.2) is 5.82 Å². The zero-order chi connectivity index (χ0) is 60.3. The summed E-state index contributed by atoms with van der Waals surface area (Å²) in [6.45, 7) is 14.6. The molecule has 0 aliphatic carbocycles. The van der Waals surface area contributed by atoms with Gasteiger partial charge in [-0.25, -0.2) is 4.98 Å². The quantitative estimate of drug-likeness (QED) is 0.0231. The molecule has 7 rings (SSSR count). The summed E-state index contributed by atoms with van der Waals surface area (Å²) in [6.07, 6.45) is 6.80. The maximum absolute atomic E-state index is 14.6. The average molecular weight is 1210 g/mol. The van der Waals surface area contributed by atoms with Gasteiger partial charge in [0, 0.05) is 53.4 Å². The van der Waals surface area contributed by atoms with Crippen LogP contribution in [0.5, 0.6) is 0 Å². The topological polar surface area (TPSA) is 255 Å². The molecular weight excluding hydrogens is 1130 g/mol. The zero-order valence-electron chi connectivity index (χ0n) is 49.3. The van der Waals surface area contributed by atoms with Crippen molar-refractivity contribution in [3.05, 3.63) is 104 Å². The van der Waals surface area contributed by atoms with Crippen molar-refractivity contribution >= 4 is 75.6 Å². The van der Waals surface area contributed by atoms with Crippen LogP contribution in [-0.4, -0.2) is 142 Å². The van der Waals surface area contributed by atoms with Crippen LogP contribution in [0.15, 0.2) is 59.0 Å². The summed E-state index contributed by atoms with van der Waals surface area (Å²) in [5, 5.41) is 28.0. The number of aliphatic imine (C=N–C) groups is 1. The number of hydrogen-bond donors (Lipinski definition) is 4. The summed E-state index contributed by atoms with van der Waals surface area (Å²) in [5.74, 6) is -1.51. The monoisotopic (exact) mass is 1210 g/mol. The Kier molecular flexibility index (Phi) is 24.5. The van der Waals surface area contributed by atoms with E-state index in [0.717, 1.165) is 92.5 Å². The summed E-state index contributed by atoms with van der Waals surface area (Å²) >= 11 is 9.45. The molecule has 20 nitrogen and oxygen atoms in total. The van der Waals surface area contributed by atoms with Gasteiger partial charge in [-0.1, -0.05) is 107 Å². The minimum atomic E-state index is -1.05. The van der Waals surface area contributed by atoms with Gasteiger partial charge < -0.3 is 44.9 Å². The van der Waals surface area contributed by atoms with Crippen molar-refractivity contribution in [2.75, 3.05) is 52.7 Å². The molecule has 23 heteroatoms. The first-order valence-electron chi connectivity index (χ1n) is 28.9. The van der Waals surface area contributed by atoms with Gasteiger partial charge in [-0.05, 0) is 74.8 Å². The SMILES string of the molecule is Cc1ncsc1-c1ccc(CNC(=O)[C@@H]2C[C@@H](OC(=O)CCCCCCCCCCC(=O)O)CN2C(=O)[C@@H](NC(=O)COCCOCCOCCNC(=O)C[C@@H]2N=C(c3ccc(Cl)cc3)c3c(sc(C)c3C)-n3c(C)nnc32)C(C)(C)C)cc1. The number of thiazole rings is 1. The van der Waals surface area contributed by atoms with Crippen LogP contribution in [0.3, 0.4) is 0 Å². The third-order valence-corrected chi connectivity index (χ3v) is 17.2. The molecule has 0 unspecified atom stereocenters. The summed E-state index contributed by atoms with van der Waals surface area (Å²) < 4.78 is 24.9. The minimum Gasteiger partial charge on any atom is -0.481 e. The molecule has 2 aliphatic heterocycles. The lowest BCUT2D eigenvalue weighted by atomic mass is 9.85. The molecule has 454 valence electrons. The lowest BCUT2D eigenvalue weighted by Gasteiger charge is -2.35. The number of carbonyl (C=O) groups excluding carboxylic acids is 5. The first-order valence-corrected chi connectivity index (χ1v) is 31.0. The Bertz CT molecular complexity index is 3060. The summed E-state index contributed by atoms with van der Waals surface area (Å²) in [4.78, 5) is 92.4. The van der Waals surface area contributed by atoms with E-state index in [2.05, 4.69) is 45.0 Å². The molecule has 1 saturated heterocycles. The lowest BCUT2D eigenvalue weighted by molar-refractivity contribution is -0.150. The number of amides is 4. The minimum absolute atomic E-state index is 0.0206. The third-order valence-electron chi connectivity index (χ3n) is 14.8. The molecule has 1 fully saturated rings. The van der Waals surface area contributed by atoms with Crippen LogP contribution in [-0.2, 0) is 54.3 Å². The van der Waals surface area contributed by atoms with Gasteiger partial charge in [0.2, 0.25) is 23.6 Å². The van der Waals surface area contributed by atoms with E-state index in [9.17, 15) is 28.8 Å². The fraction of sp³-hybridized carbons (Fsp3) is 0.541. The number of fused-ring (bicyclic) bond motifs is 3. The number of aryl methyl sites for hydroxylation is 3. The molecule has 3 aromatic heterocycles. The van der Waals surface area contributed by atoms with Gasteiger partial charge in [-0.15, -0.1) is 32.9 Å². The highest BCUT2D eigenvalue weighted by Gasteiger charge is 2.46. The molecule has 2 aromatic carbocycles. The van der Waals surface area contributed by atoms with Crippen LogP contribution in [0.2, 0.25) is 5.02 Å². The Morgan fingerprint density at radius 2 is 1.43 bits per heavy atom. The van der Waals surface area contributed by atoms with Crippen LogP contribution >= 0.6 is 34.3 Å². The fourth-order valence-electron chi connectivity index (χ4n) is 10.2. The number of carbonyl (C=O) groups is 6. The van der Waals surface area contributed by atoms with Gasteiger partial charge in [0.05, 0.1) is 67.8 Å². The smallest absolute Gasteiger partial charge is 0.306 e. The Hall–Kier alpha value is -6.43. The molecule has 0 saturated carbocycles. The molecule has 5 aromatic rings. The van der Waals surface area contributed by atoms with Gasteiger partial charge >= 0.3 is 11.9 Å². The number of benzene rings is 2. The first kappa shape index (κ1) is 65.1. The lowest BCUT2D eigenvalue weighted by Crippen LogP contribution is -2.58. The summed E-state index contributed by atoms with van der Waals surface area (Å²) in [7, 11) is 0. The second-order valence-corrected chi connectivity index (χ2v) is 24.9. The molecule has 5 heterocycles. The van der Waals surface area contributed by atoms with Crippen molar-refractivity contribution in [3.8, 4) is 15.4 Å². The average Bonchev–Trinajstić information content (AvgIpc) is 2.02. The van der Waals surface area contributed by atoms with Crippen molar-refractivity contribution < 1.29 is 52.8 Å². The number of rotatable bonds is 32. The van der Waals surface area contributed by atoms with E-state index < -0.39 is 59.3 Å². The summed E-state index contributed by atoms with van der Waals surface area (Å²) in [5.41, 5.74) is 7.58. The Morgan fingerprint density at radius 3 is 2.08 bits per heavy atom. The number of nitrogens with one attached hydrogen (secondary N) is 3. The number of aliphatic carboxylic acids is 1. The summed E-state index contributed by atoms with van der Waals surface area (Å²) in [6, 6.07) is 12.7. The molecule has 4 amide bonds. The van der Waals surface area contributed by atoms with Crippen LogP contribution in [0.25, 0.3) is 15.4 Å². The largest absolute Gasteiger partial charge is 0.481 e. The van der Waals surface area contributed by atoms with Crippen LogP contribution in [0.4, 0.5) is 0 Å². The maximum Gasteiger partial charge on any atom is 0.306 e. The number of aromatic nitrogens is 4. The highest BCUT2D eigenvalue weighted by molar-refractivity contribution is 7.15. The molecule has 0 spiro atoms. The number of likely N-dealkylation sites (tertiary alicyclic amines) is 1. The maximum atomic E-state index is 14.6. The standard InChI is InChI=1S/C61H80ClN9O11S2/c1-38-40(3)84-60-53(38)54(43-22-24-45(62)25-23-43)66-47(57-69-68-41(4)71(57)60)33-49(72)63-26-27-79-28-29-80-30-31-81-36-50(73)67-56(61(5,6)7)59(78)70-35-46(82-52(76)17-15-13-11-9-8-10-12-14-16-51(74)75)32-48(70)58(77)64-34-42-18-20-44(21-19-42)55-39(2)65-37-83-55/h18-25,37,46-48,56H,8-17,26-36H2,1-7H3,(H,63,72)(H,64,77)(H,67,73)(H,74,75)/t46-,47+,48+,56-/m1/s1. The molecule has 0 radical (unpaired) electrons. The van der Waals surface area contributed by atoms with Gasteiger partial charge in [-0.2, -0.15) is 0 Å². The van der Waals surface area contributed by atoms with E-state index in [4.69, 9.17) is 40.6 Å². The van der Waals surface area contributed by atoms with Crippen molar-refractivity contribution in [2.24, 2.45) is 10.4 Å². The first-order chi connectivity index (χ1) is 40.3. The second kappa shape index (κ2) is 31.6. The second-order valence-electron chi connectivity index (χ2n) is 22.4. The van der Waals surface area contributed by atoms with Crippen molar-refractivity contribution in [2.45, 2.75) is 156 Å². The van der Waals surface area contributed by atoms with E-state index in [1.54, 1.807) is 28.2 Å². The molecule has 4 N–H and O–H groups in total. The number of ether oxygens (including phenoxy) is 4. The van der Waals surface area contributed by atoms with E-state index in [0.29, 0.717) is 29.5 Å². The van der Waals surface area contributed by atoms with E-state index >= 15 is 0 Å². The number of esters is 1. The van der Waals surface area contributed by atoms with Crippen LogP contribution in [0, 0.1) is 33.1 Å². The Balaban J connectivity index is 0.833. The number of unbranched alkanes of at least 4 members (excludes halogenated alkanes) is 7. The zero-order valence-corrected chi connectivity index (χ0v) is 51.7. The number of halogens is 1. The molecule has 4 atom stereocenters. The molecule has 0 bridgehead atoms. The van der Waals surface area contributed by atoms with E-state index in [1.165, 1.54) is 4.90 Å². The van der Waals surface area contributed by atoms with Crippen molar-refractivity contribution in [1.82, 2.24) is 40.6 Å². The van der Waals surface area contributed by atoms with Crippen LogP contribution in [0.1, 0.15) is 148 Å². The van der Waals surface area contributed by atoms with Gasteiger partial charge in [-0.3, -0.25) is 38.3 Å². The Morgan fingerprint density at radius 1 is 0.786 bits per heavy atom. The fourth-order valence-corrected chi connectivity index (χ4v) is 12.3. The molecular formula is C61H80ClN9O11S2. The van der Waals surface area contributed by atoms with Crippen LogP contribution < -0.4 is 16.0 Å². The highest BCUT2D eigenvalue weighted by atomic mass is 35.5. The van der Waals surface area contributed by atoms with E-state index in [-0.39, 0.29) is 90.9 Å². The van der Waals surface area contributed by atoms with Gasteiger partial charge in [0.1, 0.15) is 41.7 Å². The van der Waals surface area contributed by atoms with Crippen molar-refractivity contribution in [1.29, 1.82) is 0 Å². The Labute approximate surface area is 504 Å². The molecule has 84 heavy (non-hydrogen) atoms. The predicted octanol–water partition coefficient (Wildman–Crippen LogP) is 9.13. The predicted molar refractivity (Wildman–Crippen MR) is 323 cm³/mol. The number of nitrogens with zero attached hydrogens (tertiary/aromatic N) is 6. The highest BCUT2D eigenvalue weighted by Crippen LogP contribution is 2.40. The number of thiophene rings is 1. The number of hydrogen-bond acceptors (Lipinski definition) is 16. The van der Waals surface area contributed by atoms with Crippen molar-refractivity contribution in [3.63, 3.8) is 0 Å². The number of carboxylic acid groups (broad SMARTS) is 1.